The summed E-state index contributed by atoms with van der Waals surface area (Å²) in [5, 5.41) is 0.747. The number of methoxy groups -OCH3 is 1. The average molecular weight is 271 g/mol. The third-order valence-corrected chi connectivity index (χ3v) is 3.89. The number of hydrogen-bond acceptors (Lipinski definition) is 5. The standard InChI is InChI=1S/C15H17N3O2/c1-8-10(15(19)20-2)7-11-13(16)9-5-3-4-6-12(9)18-14(11)17-8/h7H,3-6H2,1-2H3,(H2,16,17,18). The van der Waals surface area contributed by atoms with Gasteiger partial charge in [0.1, 0.15) is 0 Å². The van der Waals surface area contributed by atoms with E-state index in [2.05, 4.69) is 9.97 Å². The highest BCUT2D eigenvalue weighted by molar-refractivity contribution is 5.98. The van der Waals surface area contributed by atoms with Crippen LogP contribution in [-0.2, 0) is 17.6 Å². The lowest BCUT2D eigenvalue weighted by molar-refractivity contribution is 0.0599. The number of aryl methyl sites for hydroxylation is 2. The summed E-state index contributed by atoms with van der Waals surface area (Å²) < 4.78 is 4.78. The molecule has 0 unspecified atom stereocenters. The van der Waals surface area contributed by atoms with E-state index in [4.69, 9.17) is 10.5 Å². The molecule has 0 aromatic carbocycles. The molecule has 0 radical (unpaired) electrons. The number of rotatable bonds is 1. The molecule has 0 saturated heterocycles. The Kier molecular flexibility index (Phi) is 3.04. The monoisotopic (exact) mass is 271 g/mol. The molecule has 0 amide bonds. The second kappa shape index (κ2) is 4.74. The molecule has 0 spiro atoms. The number of fused-ring (bicyclic) bond motifs is 2. The quantitative estimate of drug-likeness (QED) is 0.804. The predicted octanol–water partition coefficient (Wildman–Crippen LogP) is 2.19. The summed E-state index contributed by atoms with van der Waals surface area (Å²) in [4.78, 5) is 20.8. The minimum Gasteiger partial charge on any atom is -0.465 e. The van der Waals surface area contributed by atoms with Crippen LogP contribution in [0, 0.1) is 6.92 Å². The van der Waals surface area contributed by atoms with Crippen molar-refractivity contribution in [3.05, 3.63) is 28.6 Å². The highest BCUT2D eigenvalue weighted by atomic mass is 16.5. The van der Waals surface area contributed by atoms with E-state index in [9.17, 15) is 4.79 Å². The van der Waals surface area contributed by atoms with Crippen LogP contribution < -0.4 is 5.73 Å². The zero-order valence-electron chi connectivity index (χ0n) is 11.7. The maximum Gasteiger partial charge on any atom is 0.339 e. The molecule has 5 heteroatoms. The number of anilines is 1. The summed E-state index contributed by atoms with van der Waals surface area (Å²) in [6.45, 7) is 1.78. The molecule has 5 nitrogen and oxygen atoms in total. The van der Waals surface area contributed by atoms with Crippen LogP contribution in [0.2, 0.25) is 0 Å². The zero-order valence-corrected chi connectivity index (χ0v) is 11.7. The highest BCUT2D eigenvalue weighted by Gasteiger charge is 2.19. The van der Waals surface area contributed by atoms with Gasteiger partial charge in [0, 0.05) is 16.8 Å². The number of nitrogens with zero attached hydrogens (tertiary/aromatic N) is 2. The molecule has 3 rings (SSSR count). The van der Waals surface area contributed by atoms with Crippen molar-refractivity contribution in [2.45, 2.75) is 32.6 Å². The topological polar surface area (TPSA) is 78.1 Å². The number of ether oxygens (including phenoxy) is 1. The van der Waals surface area contributed by atoms with Crippen molar-refractivity contribution in [3.63, 3.8) is 0 Å². The van der Waals surface area contributed by atoms with Gasteiger partial charge in [-0.15, -0.1) is 0 Å². The van der Waals surface area contributed by atoms with Crippen LogP contribution in [0.4, 0.5) is 5.69 Å². The van der Waals surface area contributed by atoms with E-state index in [0.29, 0.717) is 22.6 Å². The fourth-order valence-corrected chi connectivity index (χ4v) is 2.79. The van der Waals surface area contributed by atoms with Crippen LogP contribution in [-0.4, -0.2) is 23.0 Å². The van der Waals surface area contributed by atoms with E-state index in [0.717, 1.165) is 42.3 Å². The molecule has 2 aromatic heterocycles. The number of pyridine rings is 2. The fraction of sp³-hybridized carbons (Fsp3) is 0.400. The second-order valence-corrected chi connectivity index (χ2v) is 5.14. The molecular formula is C15H17N3O2. The SMILES string of the molecule is COC(=O)c1cc2c(N)c3c(nc2nc1C)CCCC3. The van der Waals surface area contributed by atoms with E-state index in [1.165, 1.54) is 7.11 Å². The van der Waals surface area contributed by atoms with Crippen molar-refractivity contribution >= 4 is 22.7 Å². The van der Waals surface area contributed by atoms with Gasteiger partial charge in [-0.25, -0.2) is 14.8 Å². The molecule has 20 heavy (non-hydrogen) atoms. The van der Waals surface area contributed by atoms with Crippen molar-refractivity contribution in [1.82, 2.24) is 9.97 Å². The smallest absolute Gasteiger partial charge is 0.339 e. The highest BCUT2D eigenvalue weighted by Crippen LogP contribution is 2.31. The third-order valence-electron chi connectivity index (χ3n) is 3.89. The Morgan fingerprint density at radius 3 is 2.80 bits per heavy atom. The van der Waals surface area contributed by atoms with E-state index in [1.54, 1.807) is 13.0 Å². The first-order valence-electron chi connectivity index (χ1n) is 6.78. The molecule has 1 aliphatic rings. The zero-order chi connectivity index (χ0) is 14.3. The number of hydrogen-bond donors (Lipinski definition) is 1. The first-order valence-corrected chi connectivity index (χ1v) is 6.78. The third kappa shape index (κ3) is 1.90. The number of nitrogen functional groups attached to an aromatic ring is 1. The molecule has 104 valence electrons. The van der Waals surface area contributed by atoms with Gasteiger partial charge in [0.2, 0.25) is 0 Å². The number of nitrogens with two attached hydrogens (primary N) is 1. The van der Waals surface area contributed by atoms with Gasteiger partial charge in [-0.2, -0.15) is 0 Å². The van der Waals surface area contributed by atoms with E-state index < -0.39 is 5.97 Å². The van der Waals surface area contributed by atoms with Crippen LogP contribution in [0.5, 0.6) is 0 Å². The molecule has 1 aliphatic carbocycles. The molecule has 0 bridgehead atoms. The summed E-state index contributed by atoms with van der Waals surface area (Å²) >= 11 is 0. The number of carbonyl (C=O) groups is 1. The van der Waals surface area contributed by atoms with E-state index >= 15 is 0 Å². The average Bonchev–Trinajstić information content (AvgIpc) is 2.46. The van der Waals surface area contributed by atoms with E-state index in [-0.39, 0.29) is 0 Å². The summed E-state index contributed by atoms with van der Waals surface area (Å²) in [5.41, 5.74) is 10.8. The Labute approximate surface area is 117 Å². The minimum atomic E-state index is -0.394. The summed E-state index contributed by atoms with van der Waals surface area (Å²) in [6.07, 6.45) is 4.18. The van der Waals surface area contributed by atoms with Crippen molar-refractivity contribution in [3.8, 4) is 0 Å². The molecule has 0 aliphatic heterocycles. The molecular weight excluding hydrogens is 254 g/mol. The van der Waals surface area contributed by atoms with Gasteiger partial charge in [0.15, 0.2) is 5.65 Å². The van der Waals surface area contributed by atoms with Crippen molar-refractivity contribution in [2.75, 3.05) is 12.8 Å². The summed E-state index contributed by atoms with van der Waals surface area (Å²) in [6, 6.07) is 1.75. The molecule has 0 saturated carbocycles. The lowest BCUT2D eigenvalue weighted by Crippen LogP contribution is -2.12. The molecule has 0 atom stereocenters. The Balaban J connectivity index is 2.28. The van der Waals surface area contributed by atoms with Gasteiger partial charge in [-0.3, -0.25) is 0 Å². The minimum absolute atomic E-state index is 0.394. The van der Waals surface area contributed by atoms with E-state index in [1.807, 2.05) is 0 Å². The number of esters is 1. The van der Waals surface area contributed by atoms with Crippen molar-refractivity contribution in [2.24, 2.45) is 0 Å². The largest absolute Gasteiger partial charge is 0.465 e. The van der Waals surface area contributed by atoms with Crippen LogP contribution in [0.15, 0.2) is 6.07 Å². The first kappa shape index (κ1) is 12.8. The van der Waals surface area contributed by atoms with Crippen molar-refractivity contribution < 1.29 is 9.53 Å². The Hall–Kier alpha value is -2.17. The summed E-state index contributed by atoms with van der Waals surface area (Å²) in [7, 11) is 1.36. The number of aromatic nitrogens is 2. The number of carbonyl (C=O) groups excluding carboxylic acids is 1. The Bertz CT molecular complexity index is 710. The fourth-order valence-electron chi connectivity index (χ4n) is 2.79. The molecule has 2 heterocycles. The van der Waals surface area contributed by atoms with Gasteiger partial charge in [0.05, 0.1) is 18.4 Å². The van der Waals surface area contributed by atoms with Crippen LogP contribution in [0.1, 0.15) is 40.2 Å². The normalized spacial score (nSPS) is 14.1. The summed E-state index contributed by atoms with van der Waals surface area (Å²) in [5.74, 6) is -0.394. The first-order chi connectivity index (χ1) is 9.61. The maximum atomic E-state index is 11.8. The lowest BCUT2D eigenvalue weighted by atomic mass is 9.93. The maximum absolute atomic E-state index is 11.8. The lowest BCUT2D eigenvalue weighted by Gasteiger charge is -2.18. The second-order valence-electron chi connectivity index (χ2n) is 5.14. The van der Waals surface area contributed by atoms with Crippen molar-refractivity contribution in [1.29, 1.82) is 0 Å². The van der Waals surface area contributed by atoms with Gasteiger partial charge in [-0.05, 0) is 44.2 Å². The van der Waals surface area contributed by atoms with Gasteiger partial charge in [-0.1, -0.05) is 0 Å². The van der Waals surface area contributed by atoms with Crippen LogP contribution in [0.3, 0.4) is 0 Å². The molecule has 2 N–H and O–H groups in total. The van der Waals surface area contributed by atoms with Crippen LogP contribution in [0.25, 0.3) is 11.0 Å². The van der Waals surface area contributed by atoms with Gasteiger partial charge in [0.25, 0.3) is 0 Å². The van der Waals surface area contributed by atoms with Crippen LogP contribution >= 0.6 is 0 Å². The molecule has 0 fully saturated rings. The molecule has 2 aromatic rings. The van der Waals surface area contributed by atoms with Gasteiger partial charge < -0.3 is 10.5 Å². The Morgan fingerprint density at radius 1 is 1.30 bits per heavy atom. The Morgan fingerprint density at radius 2 is 2.05 bits per heavy atom. The van der Waals surface area contributed by atoms with Gasteiger partial charge >= 0.3 is 5.97 Å². The predicted molar refractivity (Wildman–Crippen MR) is 76.7 cm³/mol.